The monoisotopic (exact) mass is 224 g/mol. The van der Waals surface area contributed by atoms with Crippen molar-refractivity contribution in [1.29, 1.82) is 0 Å². The van der Waals surface area contributed by atoms with Crippen LogP contribution in [0.5, 0.6) is 0 Å². The van der Waals surface area contributed by atoms with Crippen molar-refractivity contribution in [2.75, 3.05) is 0 Å². The predicted molar refractivity (Wildman–Crippen MR) is 62.2 cm³/mol. The molecule has 1 atom stereocenters. The van der Waals surface area contributed by atoms with Gasteiger partial charge < -0.3 is 5.11 Å². The van der Waals surface area contributed by atoms with E-state index >= 15 is 0 Å². The zero-order valence-corrected chi connectivity index (χ0v) is 9.78. The Morgan fingerprint density at radius 1 is 1.21 bits per heavy atom. The minimum absolute atomic E-state index is 0.443. The van der Waals surface area contributed by atoms with Gasteiger partial charge in [0.1, 0.15) is 6.10 Å². The van der Waals surface area contributed by atoms with E-state index in [-0.39, 0.29) is 0 Å². The fraction of sp³-hybridized carbons (Fsp3) is 0.273. The first-order valence-corrected chi connectivity index (χ1v) is 6.27. The maximum absolute atomic E-state index is 10.1. The maximum Gasteiger partial charge on any atom is 0.115 e. The van der Waals surface area contributed by atoms with Gasteiger partial charge in [0.05, 0.1) is 0 Å². The van der Waals surface area contributed by atoms with Crippen LogP contribution in [-0.4, -0.2) is 5.11 Å². The first-order valence-electron chi connectivity index (χ1n) is 4.45. The third kappa shape index (κ3) is 1.63. The Morgan fingerprint density at radius 2 is 2.00 bits per heavy atom. The van der Waals surface area contributed by atoms with E-state index in [2.05, 4.69) is 5.38 Å². The molecule has 0 aliphatic rings. The zero-order valence-electron chi connectivity index (χ0n) is 8.15. The van der Waals surface area contributed by atoms with Crippen LogP contribution in [0.3, 0.4) is 0 Å². The zero-order chi connectivity index (χ0) is 10.1. The summed E-state index contributed by atoms with van der Waals surface area (Å²) in [5.41, 5.74) is 3.39. The Kier molecular flexibility index (Phi) is 2.72. The van der Waals surface area contributed by atoms with Crippen LogP contribution in [0.25, 0.3) is 0 Å². The molecule has 0 radical (unpaired) electrons. The molecule has 2 heterocycles. The van der Waals surface area contributed by atoms with Crippen molar-refractivity contribution < 1.29 is 5.11 Å². The highest BCUT2D eigenvalue weighted by Gasteiger charge is 2.16. The minimum atomic E-state index is -0.443. The van der Waals surface area contributed by atoms with Crippen molar-refractivity contribution in [2.45, 2.75) is 20.0 Å². The number of hydrogen-bond acceptors (Lipinski definition) is 3. The molecule has 0 spiro atoms. The molecule has 0 saturated heterocycles. The normalized spacial score (nSPS) is 13.1. The fourth-order valence-corrected chi connectivity index (χ4v) is 3.25. The second-order valence-electron chi connectivity index (χ2n) is 3.38. The van der Waals surface area contributed by atoms with E-state index in [1.165, 1.54) is 11.1 Å². The van der Waals surface area contributed by atoms with Gasteiger partial charge in [0, 0.05) is 4.88 Å². The third-order valence-corrected chi connectivity index (χ3v) is 4.29. The molecule has 0 aromatic carbocycles. The van der Waals surface area contributed by atoms with Crippen molar-refractivity contribution in [3.8, 4) is 0 Å². The topological polar surface area (TPSA) is 20.2 Å². The first-order chi connectivity index (χ1) is 6.70. The largest absolute Gasteiger partial charge is 0.383 e. The van der Waals surface area contributed by atoms with Gasteiger partial charge in [0.25, 0.3) is 0 Å². The van der Waals surface area contributed by atoms with Crippen LogP contribution in [-0.2, 0) is 0 Å². The smallest absolute Gasteiger partial charge is 0.115 e. The van der Waals surface area contributed by atoms with Gasteiger partial charge in [-0.1, -0.05) is 0 Å². The average Bonchev–Trinajstić information content (AvgIpc) is 2.73. The Morgan fingerprint density at radius 3 is 2.50 bits per heavy atom. The summed E-state index contributed by atoms with van der Waals surface area (Å²) in [5, 5.41) is 16.3. The van der Waals surface area contributed by atoms with Crippen LogP contribution in [0, 0.1) is 13.8 Å². The van der Waals surface area contributed by atoms with E-state index in [4.69, 9.17) is 0 Å². The summed E-state index contributed by atoms with van der Waals surface area (Å²) in [6, 6.07) is 2.05. The van der Waals surface area contributed by atoms with E-state index < -0.39 is 6.10 Å². The Bertz CT molecular complexity index is 388. The lowest BCUT2D eigenvalue weighted by atomic mass is 10.1. The Hall–Kier alpha value is -0.640. The molecule has 74 valence electrons. The van der Waals surface area contributed by atoms with Crippen molar-refractivity contribution in [2.24, 2.45) is 0 Å². The Labute approximate surface area is 91.7 Å². The van der Waals surface area contributed by atoms with Gasteiger partial charge >= 0.3 is 0 Å². The molecule has 1 nitrogen and oxygen atoms in total. The van der Waals surface area contributed by atoms with Crippen molar-refractivity contribution in [1.82, 2.24) is 0 Å². The second kappa shape index (κ2) is 3.85. The van der Waals surface area contributed by atoms with Crippen molar-refractivity contribution in [3.63, 3.8) is 0 Å². The Balaban J connectivity index is 2.38. The van der Waals surface area contributed by atoms with Crippen LogP contribution < -0.4 is 0 Å². The molecule has 2 aromatic rings. The number of thiophene rings is 2. The summed E-state index contributed by atoms with van der Waals surface area (Å²) in [4.78, 5) is 1.06. The van der Waals surface area contributed by atoms with Gasteiger partial charge in [0.15, 0.2) is 0 Å². The van der Waals surface area contributed by atoms with Crippen LogP contribution >= 0.6 is 22.7 Å². The van der Waals surface area contributed by atoms with Crippen LogP contribution in [0.4, 0.5) is 0 Å². The molecule has 0 bridgehead atoms. The predicted octanol–water partition coefficient (Wildman–Crippen LogP) is 3.51. The summed E-state index contributed by atoms with van der Waals surface area (Å²) < 4.78 is 0. The molecule has 2 aromatic heterocycles. The van der Waals surface area contributed by atoms with Gasteiger partial charge in [-0.05, 0) is 52.7 Å². The summed E-state index contributed by atoms with van der Waals surface area (Å²) >= 11 is 3.26. The number of rotatable bonds is 2. The first kappa shape index (κ1) is 9.90. The molecular weight excluding hydrogens is 212 g/mol. The van der Waals surface area contributed by atoms with Crippen LogP contribution in [0.2, 0.25) is 0 Å². The van der Waals surface area contributed by atoms with E-state index in [0.29, 0.717) is 0 Å². The minimum Gasteiger partial charge on any atom is -0.383 e. The van der Waals surface area contributed by atoms with Gasteiger partial charge in [-0.25, -0.2) is 0 Å². The molecule has 2 rings (SSSR count). The highest BCUT2D eigenvalue weighted by Crippen LogP contribution is 2.32. The van der Waals surface area contributed by atoms with Gasteiger partial charge in [-0.15, -0.1) is 11.3 Å². The SMILES string of the molecule is Cc1cscc1C(O)c1sccc1C. The molecule has 0 amide bonds. The van der Waals surface area contributed by atoms with E-state index in [9.17, 15) is 5.11 Å². The molecule has 0 aliphatic carbocycles. The number of aliphatic hydroxyl groups is 1. The molecule has 0 aliphatic heterocycles. The quantitative estimate of drug-likeness (QED) is 0.827. The number of hydrogen-bond donors (Lipinski definition) is 1. The highest BCUT2D eigenvalue weighted by molar-refractivity contribution is 7.10. The van der Waals surface area contributed by atoms with E-state index in [1.807, 2.05) is 30.7 Å². The van der Waals surface area contributed by atoms with E-state index in [0.717, 1.165) is 10.4 Å². The average molecular weight is 224 g/mol. The lowest BCUT2D eigenvalue weighted by Gasteiger charge is -2.09. The standard InChI is InChI=1S/C11H12OS2/c1-7-3-4-14-11(7)10(12)9-6-13-5-8(9)2/h3-6,10,12H,1-2H3. The van der Waals surface area contributed by atoms with E-state index in [1.54, 1.807) is 22.7 Å². The van der Waals surface area contributed by atoms with Crippen molar-refractivity contribution in [3.05, 3.63) is 43.8 Å². The molecule has 0 fully saturated rings. The fourth-order valence-electron chi connectivity index (χ4n) is 1.46. The van der Waals surface area contributed by atoms with Crippen molar-refractivity contribution >= 4 is 22.7 Å². The maximum atomic E-state index is 10.1. The van der Waals surface area contributed by atoms with Crippen LogP contribution in [0.1, 0.15) is 27.7 Å². The summed E-state index contributed by atoms with van der Waals surface area (Å²) in [6.45, 7) is 4.08. The highest BCUT2D eigenvalue weighted by atomic mass is 32.1. The molecular formula is C11H12OS2. The van der Waals surface area contributed by atoms with Gasteiger partial charge in [-0.2, -0.15) is 11.3 Å². The number of aryl methyl sites for hydroxylation is 2. The number of aliphatic hydroxyl groups excluding tert-OH is 1. The molecule has 1 unspecified atom stereocenters. The third-order valence-electron chi connectivity index (χ3n) is 2.34. The lowest BCUT2D eigenvalue weighted by Crippen LogP contribution is -1.98. The summed E-state index contributed by atoms with van der Waals surface area (Å²) in [6.07, 6.45) is -0.443. The summed E-state index contributed by atoms with van der Waals surface area (Å²) in [5.74, 6) is 0. The van der Waals surface area contributed by atoms with Gasteiger partial charge in [-0.3, -0.25) is 0 Å². The lowest BCUT2D eigenvalue weighted by molar-refractivity contribution is 0.223. The van der Waals surface area contributed by atoms with Crippen LogP contribution in [0.15, 0.2) is 22.2 Å². The molecule has 1 N–H and O–H groups in total. The molecule has 14 heavy (non-hydrogen) atoms. The summed E-state index contributed by atoms with van der Waals surface area (Å²) in [7, 11) is 0. The van der Waals surface area contributed by atoms with Gasteiger partial charge in [0.2, 0.25) is 0 Å². The molecule has 0 saturated carbocycles. The second-order valence-corrected chi connectivity index (χ2v) is 5.07. The molecule has 3 heteroatoms.